The maximum atomic E-state index is 11.1. The summed E-state index contributed by atoms with van der Waals surface area (Å²) in [5.74, 6) is -1.08. The van der Waals surface area contributed by atoms with E-state index in [-0.39, 0.29) is 19.3 Å². The standard InChI is InChI=1S/C12H22O6Si/c1-6-16-19(17-11(4)13,18-12(5)14)8-7-15-9-10(2)3/h2,6-9H2,1,3-5H3. The van der Waals surface area contributed by atoms with Crippen LogP contribution in [0.3, 0.4) is 0 Å². The fourth-order valence-corrected chi connectivity index (χ4v) is 3.57. The number of rotatable bonds is 9. The van der Waals surface area contributed by atoms with Gasteiger partial charge in [-0.05, 0) is 13.8 Å². The Labute approximate surface area is 115 Å². The molecule has 0 heterocycles. The van der Waals surface area contributed by atoms with E-state index in [0.29, 0.717) is 6.61 Å². The van der Waals surface area contributed by atoms with Gasteiger partial charge in [-0.3, -0.25) is 9.59 Å². The Morgan fingerprint density at radius 1 is 1.11 bits per heavy atom. The van der Waals surface area contributed by atoms with Gasteiger partial charge in [-0.15, -0.1) is 0 Å². The van der Waals surface area contributed by atoms with Crippen LogP contribution in [0.15, 0.2) is 12.2 Å². The Bertz CT molecular complexity index is 312. The zero-order valence-electron chi connectivity index (χ0n) is 12.0. The summed E-state index contributed by atoms with van der Waals surface area (Å²) in [5.41, 5.74) is 0.878. The molecule has 0 fully saturated rings. The van der Waals surface area contributed by atoms with Gasteiger partial charge in [0.25, 0.3) is 11.9 Å². The minimum absolute atomic E-state index is 0.229. The maximum absolute atomic E-state index is 11.1. The summed E-state index contributed by atoms with van der Waals surface area (Å²) in [7, 11) is -3.35. The van der Waals surface area contributed by atoms with Crippen molar-refractivity contribution in [3.05, 3.63) is 12.2 Å². The molecule has 0 aliphatic carbocycles. The highest BCUT2D eigenvalue weighted by atomic mass is 28.4. The van der Waals surface area contributed by atoms with Crippen LogP contribution in [0, 0.1) is 0 Å². The van der Waals surface area contributed by atoms with Crippen LogP contribution in [0.5, 0.6) is 0 Å². The quantitative estimate of drug-likeness (QED) is 0.365. The average molecular weight is 290 g/mol. The van der Waals surface area contributed by atoms with Crippen molar-refractivity contribution in [2.24, 2.45) is 0 Å². The molecule has 0 unspecified atom stereocenters. The summed E-state index contributed by atoms with van der Waals surface area (Å²) < 4.78 is 21.0. The van der Waals surface area contributed by atoms with E-state index < -0.39 is 20.7 Å². The lowest BCUT2D eigenvalue weighted by molar-refractivity contribution is -0.143. The molecule has 0 aromatic rings. The van der Waals surface area contributed by atoms with Crippen molar-refractivity contribution in [3.8, 4) is 0 Å². The van der Waals surface area contributed by atoms with Crippen LogP contribution in [-0.4, -0.2) is 40.6 Å². The van der Waals surface area contributed by atoms with E-state index in [2.05, 4.69) is 6.58 Å². The van der Waals surface area contributed by atoms with Gasteiger partial charge in [0.05, 0.1) is 19.3 Å². The van der Waals surface area contributed by atoms with Crippen molar-refractivity contribution in [2.75, 3.05) is 19.8 Å². The molecule has 0 aromatic heterocycles. The van der Waals surface area contributed by atoms with Crippen molar-refractivity contribution < 1.29 is 27.6 Å². The summed E-state index contributed by atoms with van der Waals surface area (Å²) in [4.78, 5) is 22.3. The molecule has 6 nitrogen and oxygen atoms in total. The lowest BCUT2D eigenvalue weighted by atomic mass is 10.4. The largest absolute Gasteiger partial charge is 0.638 e. The van der Waals surface area contributed by atoms with Gasteiger partial charge in [-0.1, -0.05) is 12.2 Å². The highest BCUT2D eigenvalue weighted by Crippen LogP contribution is 2.17. The lowest BCUT2D eigenvalue weighted by Crippen LogP contribution is -2.49. The SMILES string of the molecule is C=C(C)COCC[Si](OCC)(OC(C)=O)OC(C)=O. The third-order valence-corrected chi connectivity index (χ3v) is 4.61. The molecule has 7 heteroatoms. The predicted molar refractivity (Wildman–Crippen MR) is 71.4 cm³/mol. The van der Waals surface area contributed by atoms with Gasteiger partial charge < -0.3 is 18.0 Å². The van der Waals surface area contributed by atoms with Crippen LogP contribution < -0.4 is 0 Å². The van der Waals surface area contributed by atoms with Crippen LogP contribution in [0.1, 0.15) is 27.7 Å². The van der Waals surface area contributed by atoms with Crippen LogP contribution >= 0.6 is 0 Å². The van der Waals surface area contributed by atoms with Gasteiger partial charge in [0.2, 0.25) is 0 Å². The highest BCUT2D eigenvalue weighted by molar-refractivity contribution is 6.64. The third-order valence-electron chi connectivity index (χ3n) is 1.86. The number of hydrogen-bond acceptors (Lipinski definition) is 6. The van der Waals surface area contributed by atoms with Crippen molar-refractivity contribution in [1.82, 2.24) is 0 Å². The molecule has 0 radical (unpaired) electrons. The third kappa shape index (κ3) is 8.52. The summed E-state index contributed by atoms with van der Waals surface area (Å²) >= 11 is 0. The molecule has 0 aliphatic heterocycles. The molecule has 0 saturated carbocycles. The zero-order chi connectivity index (χ0) is 14.9. The molecule has 0 aliphatic rings. The molecule has 0 spiro atoms. The monoisotopic (exact) mass is 290 g/mol. The predicted octanol–water partition coefficient (Wildman–Crippen LogP) is 1.68. The van der Waals surface area contributed by atoms with E-state index in [1.807, 2.05) is 6.92 Å². The van der Waals surface area contributed by atoms with Crippen LogP contribution in [0.2, 0.25) is 6.04 Å². The first-order chi connectivity index (χ1) is 8.81. The molecule has 19 heavy (non-hydrogen) atoms. The molecular weight excluding hydrogens is 268 g/mol. The first-order valence-electron chi connectivity index (χ1n) is 6.06. The van der Waals surface area contributed by atoms with Crippen LogP contribution in [0.25, 0.3) is 0 Å². The number of carbonyl (C=O) groups is 2. The number of carbonyl (C=O) groups excluding carboxylic acids is 2. The normalized spacial score (nSPS) is 10.9. The minimum atomic E-state index is -3.35. The smallest absolute Gasteiger partial charge is 0.464 e. The van der Waals surface area contributed by atoms with Gasteiger partial charge >= 0.3 is 8.80 Å². The fourth-order valence-electron chi connectivity index (χ4n) is 1.36. The van der Waals surface area contributed by atoms with Crippen molar-refractivity contribution in [3.63, 3.8) is 0 Å². The first kappa shape index (κ1) is 17.8. The van der Waals surface area contributed by atoms with E-state index in [9.17, 15) is 9.59 Å². The first-order valence-corrected chi connectivity index (χ1v) is 7.99. The van der Waals surface area contributed by atoms with E-state index >= 15 is 0 Å². The molecule has 110 valence electrons. The van der Waals surface area contributed by atoms with Gasteiger partial charge in [0, 0.05) is 20.5 Å². The van der Waals surface area contributed by atoms with Crippen molar-refractivity contribution in [2.45, 2.75) is 33.7 Å². The fraction of sp³-hybridized carbons (Fsp3) is 0.667. The second-order valence-electron chi connectivity index (χ2n) is 4.06. The van der Waals surface area contributed by atoms with Crippen molar-refractivity contribution >= 4 is 20.7 Å². The van der Waals surface area contributed by atoms with Crippen LogP contribution in [-0.2, 0) is 27.6 Å². The Morgan fingerprint density at radius 3 is 2.00 bits per heavy atom. The van der Waals surface area contributed by atoms with Crippen LogP contribution in [0.4, 0.5) is 0 Å². The number of hydrogen-bond donors (Lipinski definition) is 0. The molecular formula is C12H22O6Si. The number of ether oxygens (including phenoxy) is 1. The molecule has 0 saturated heterocycles. The van der Waals surface area contributed by atoms with E-state index in [1.165, 1.54) is 13.8 Å². The maximum Gasteiger partial charge on any atom is 0.638 e. The Morgan fingerprint density at radius 2 is 1.63 bits per heavy atom. The molecule has 0 atom stereocenters. The molecule has 0 rings (SSSR count). The summed E-state index contributed by atoms with van der Waals surface area (Å²) in [6.45, 7) is 10.7. The highest BCUT2D eigenvalue weighted by Gasteiger charge is 2.47. The molecule has 0 bridgehead atoms. The molecule has 0 N–H and O–H groups in total. The molecule has 0 aromatic carbocycles. The van der Waals surface area contributed by atoms with Gasteiger partial charge in [-0.2, -0.15) is 0 Å². The summed E-state index contributed by atoms with van der Waals surface area (Å²) in [5, 5.41) is 0. The topological polar surface area (TPSA) is 71.1 Å². The van der Waals surface area contributed by atoms with Crippen molar-refractivity contribution in [1.29, 1.82) is 0 Å². The Balaban J connectivity index is 4.63. The van der Waals surface area contributed by atoms with Gasteiger partial charge in [0.1, 0.15) is 0 Å². The van der Waals surface area contributed by atoms with E-state index in [0.717, 1.165) is 5.57 Å². The average Bonchev–Trinajstić information content (AvgIpc) is 2.22. The lowest BCUT2D eigenvalue weighted by Gasteiger charge is -2.26. The van der Waals surface area contributed by atoms with Gasteiger partial charge in [0.15, 0.2) is 0 Å². The Hall–Kier alpha value is -1.18. The summed E-state index contributed by atoms with van der Waals surface area (Å²) in [6, 6.07) is 0.229. The van der Waals surface area contributed by atoms with E-state index in [4.69, 9.17) is 18.0 Å². The second-order valence-corrected chi connectivity index (χ2v) is 6.63. The second kappa shape index (κ2) is 8.84. The Kier molecular flexibility index (Phi) is 8.29. The molecule has 0 amide bonds. The zero-order valence-corrected chi connectivity index (χ0v) is 13.0. The minimum Gasteiger partial charge on any atom is -0.464 e. The van der Waals surface area contributed by atoms with E-state index in [1.54, 1.807) is 6.92 Å². The summed E-state index contributed by atoms with van der Waals surface area (Å²) in [6.07, 6.45) is 0. The van der Waals surface area contributed by atoms with Gasteiger partial charge in [-0.25, -0.2) is 0 Å².